The van der Waals surface area contributed by atoms with Crippen LogP contribution in [0.15, 0.2) is 0 Å². The fourth-order valence-electron chi connectivity index (χ4n) is 2.64. The van der Waals surface area contributed by atoms with Gasteiger partial charge in [0.1, 0.15) is 48.8 Å². The van der Waals surface area contributed by atoms with Crippen LogP contribution in [-0.4, -0.2) is 117 Å². The largest absolute Gasteiger partial charge is 0.394 e. The molecular formula is C13H24O11. The molecule has 10 atom stereocenters. The van der Waals surface area contributed by atoms with Crippen molar-refractivity contribution in [3.05, 3.63) is 0 Å². The van der Waals surface area contributed by atoms with Gasteiger partial charge >= 0.3 is 0 Å². The molecule has 0 spiro atoms. The van der Waals surface area contributed by atoms with Crippen molar-refractivity contribution < 1.29 is 54.7 Å². The van der Waals surface area contributed by atoms with Crippen LogP contribution in [0.2, 0.25) is 0 Å². The number of methoxy groups -OCH3 is 1. The summed E-state index contributed by atoms with van der Waals surface area (Å²) < 4.78 is 20.5. The van der Waals surface area contributed by atoms with E-state index in [4.69, 9.17) is 24.1 Å². The molecule has 0 bridgehead atoms. The molecule has 0 aliphatic carbocycles. The van der Waals surface area contributed by atoms with Crippen LogP contribution in [0.25, 0.3) is 0 Å². The van der Waals surface area contributed by atoms with Gasteiger partial charge in [-0.05, 0) is 0 Å². The molecule has 11 nitrogen and oxygen atoms in total. The summed E-state index contributed by atoms with van der Waals surface area (Å²) in [5, 5.41) is 68.1. The minimum Gasteiger partial charge on any atom is -0.394 e. The Bertz CT molecular complexity index is 394. The normalized spacial score (nSPS) is 50.0. The van der Waals surface area contributed by atoms with Crippen molar-refractivity contribution in [1.29, 1.82) is 0 Å². The summed E-state index contributed by atoms with van der Waals surface area (Å²) in [6, 6.07) is 0. The van der Waals surface area contributed by atoms with Crippen molar-refractivity contribution in [1.82, 2.24) is 0 Å². The van der Waals surface area contributed by atoms with Crippen LogP contribution >= 0.6 is 0 Å². The third-order valence-electron chi connectivity index (χ3n) is 4.12. The van der Waals surface area contributed by atoms with Crippen molar-refractivity contribution in [3.8, 4) is 0 Å². The molecule has 0 aromatic carbocycles. The highest BCUT2D eigenvalue weighted by Crippen LogP contribution is 2.28. The Morgan fingerprint density at radius 3 is 1.62 bits per heavy atom. The number of hydrogen-bond acceptors (Lipinski definition) is 11. The van der Waals surface area contributed by atoms with Crippen LogP contribution < -0.4 is 0 Å². The smallest absolute Gasteiger partial charge is 0.189 e. The predicted octanol–water partition coefficient (Wildman–Crippen LogP) is -4.74. The van der Waals surface area contributed by atoms with Gasteiger partial charge in [-0.2, -0.15) is 0 Å². The second-order valence-corrected chi connectivity index (χ2v) is 5.80. The zero-order valence-electron chi connectivity index (χ0n) is 13.0. The van der Waals surface area contributed by atoms with E-state index in [9.17, 15) is 30.6 Å². The van der Waals surface area contributed by atoms with Crippen LogP contribution in [0.3, 0.4) is 0 Å². The summed E-state index contributed by atoms with van der Waals surface area (Å²) in [6.45, 7) is -0.744. The lowest BCUT2D eigenvalue weighted by atomic mass is 9.98. The summed E-state index contributed by atoms with van der Waals surface area (Å²) in [6.07, 6.45) is -14.9. The quantitative estimate of drug-likeness (QED) is 0.251. The summed E-state index contributed by atoms with van der Waals surface area (Å²) in [4.78, 5) is 0. The van der Waals surface area contributed by atoms with Crippen molar-refractivity contribution >= 4 is 0 Å². The lowest BCUT2D eigenvalue weighted by Crippen LogP contribution is -2.63. The number of hydrogen-bond donors (Lipinski definition) is 7. The summed E-state index contributed by atoms with van der Waals surface area (Å²) in [5.74, 6) is 0. The minimum atomic E-state index is -1.69. The van der Waals surface area contributed by atoms with Crippen molar-refractivity contribution in [2.45, 2.75) is 61.4 Å². The second kappa shape index (κ2) is 8.29. The first kappa shape index (κ1) is 19.9. The number of ether oxygens (including phenoxy) is 4. The topological polar surface area (TPSA) is 179 Å². The molecule has 7 N–H and O–H groups in total. The molecule has 0 saturated carbocycles. The van der Waals surface area contributed by atoms with Gasteiger partial charge in [0.25, 0.3) is 0 Å². The molecule has 2 aliphatic heterocycles. The number of rotatable bonds is 5. The van der Waals surface area contributed by atoms with Crippen LogP contribution in [0.4, 0.5) is 0 Å². The molecule has 2 saturated heterocycles. The van der Waals surface area contributed by atoms with E-state index in [1.165, 1.54) is 7.11 Å². The van der Waals surface area contributed by atoms with E-state index in [1.54, 1.807) is 0 Å². The molecule has 0 radical (unpaired) electrons. The van der Waals surface area contributed by atoms with Crippen LogP contribution in [0.1, 0.15) is 0 Å². The molecule has 2 aliphatic rings. The van der Waals surface area contributed by atoms with E-state index in [2.05, 4.69) is 0 Å². The lowest BCUT2D eigenvalue weighted by Gasteiger charge is -2.44. The molecular weight excluding hydrogens is 332 g/mol. The highest BCUT2D eigenvalue weighted by molar-refractivity contribution is 4.92. The second-order valence-electron chi connectivity index (χ2n) is 5.80. The fourth-order valence-corrected chi connectivity index (χ4v) is 2.64. The zero-order valence-corrected chi connectivity index (χ0v) is 13.0. The van der Waals surface area contributed by atoms with Crippen molar-refractivity contribution in [3.63, 3.8) is 0 Å². The average molecular weight is 356 g/mol. The summed E-state index contributed by atoms with van der Waals surface area (Å²) >= 11 is 0. The van der Waals surface area contributed by atoms with Crippen LogP contribution in [0.5, 0.6) is 0 Å². The Morgan fingerprint density at radius 1 is 0.708 bits per heavy atom. The van der Waals surface area contributed by atoms with Gasteiger partial charge < -0.3 is 54.7 Å². The standard InChI is InChI=1S/C13H24O11/c1-21-3-5-7(16)9(18)11(20)13(23-5)24-12-10(19)8(17)6(15)4(2-14)22-12/h4-20H,2-3H2,1H3/t4-,5-,6-,7-,8+,9+,10-,11-,12?,13?/m1/s1. The monoisotopic (exact) mass is 356 g/mol. The maximum absolute atomic E-state index is 9.95. The molecule has 2 rings (SSSR count). The van der Waals surface area contributed by atoms with Crippen LogP contribution in [-0.2, 0) is 18.9 Å². The first-order chi connectivity index (χ1) is 11.3. The Morgan fingerprint density at radius 2 is 1.17 bits per heavy atom. The molecule has 2 unspecified atom stereocenters. The van der Waals surface area contributed by atoms with Crippen molar-refractivity contribution in [2.24, 2.45) is 0 Å². The third kappa shape index (κ3) is 3.86. The molecule has 142 valence electrons. The molecule has 0 aromatic heterocycles. The minimum absolute atomic E-state index is 0.0977. The van der Waals surface area contributed by atoms with Gasteiger partial charge in [0.2, 0.25) is 0 Å². The van der Waals surface area contributed by atoms with Gasteiger partial charge in [0.05, 0.1) is 13.2 Å². The molecule has 2 fully saturated rings. The lowest BCUT2D eigenvalue weighted by molar-refractivity contribution is -0.376. The first-order valence-corrected chi connectivity index (χ1v) is 7.46. The Labute approximate surface area is 137 Å². The number of aliphatic hydroxyl groups is 7. The Balaban J connectivity index is 2.07. The summed E-state index contributed by atoms with van der Waals surface area (Å²) in [5.41, 5.74) is 0. The van der Waals surface area contributed by atoms with Gasteiger partial charge in [-0.1, -0.05) is 0 Å². The maximum atomic E-state index is 9.95. The van der Waals surface area contributed by atoms with Crippen molar-refractivity contribution in [2.75, 3.05) is 20.3 Å². The van der Waals surface area contributed by atoms with E-state index >= 15 is 0 Å². The zero-order chi connectivity index (χ0) is 18.0. The third-order valence-corrected chi connectivity index (χ3v) is 4.12. The SMILES string of the molecule is COC[C@H]1OC(OC2O[C@H](CO)[C@@H](O)[C@H](O)[C@H]2O)[C@H](O)[C@@H](O)[C@@H]1O. The van der Waals surface area contributed by atoms with Gasteiger partial charge in [-0.3, -0.25) is 0 Å². The van der Waals surface area contributed by atoms with Gasteiger partial charge in [-0.15, -0.1) is 0 Å². The molecule has 11 heteroatoms. The summed E-state index contributed by atoms with van der Waals surface area (Å²) in [7, 11) is 1.35. The Kier molecular flexibility index (Phi) is 6.87. The molecule has 0 aromatic rings. The highest BCUT2D eigenvalue weighted by atomic mass is 16.8. The average Bonchev–Trinajstić information content (AvgIpc) is 2.57. The van der Waals surface area contributed by atoms with E-state index in [1.807, 2.05) is 0 Å². The predicted molar refractivity (Wildman–Crippen MR) is 73.4 cm³/mol. The molecule has 0 amide bonds. The van der Waals surface area contributed by atoms with Gasteiger partial charge in [0.15, 0.2) is 12.6 Å². The van der Waals surface area contributed by atoms with E-state index in [0.717, 1.165) is 0 Å². The van der Waals surface area contributed by atoms with E-state index in [0.29, 0.717) is 0 Å². The van der Waals surface area contributed by atoms with Gasteiger partial charge in [-0.25, -0.2) is 0 Å². The highest BCUT2D eigenvalue weighted by Gasteiger charge is 2.49. The maximum Gasteiger partial charge on any atom is 0.189 e. The fraction of sp³-hybridized carbons (Fsp3) is 1.00. The number of aliphatic hydroxyl groups excluding tert-OH is 7. The van der Waals surface area contributed by atoms with Crippen LogP contribution in [0, 0.1) is 0 Å². The molecule has 24 heavy (non-hydrogen) atoms. The molecule has 2 heterocycles. The first-order valence-electron chi connectivity index (χ1n) is 7.46. The van der Waals surface area contributed by atoms with Gasteiger partial charge in [0, 0.05) is 7.11 Å². The van der Waals surface area contributed by atoms with E-state index in [-0.39, 0.29) is 6.61 Å². The Hall–Kier alpha value is -0.440. The van der Waals surface area contributed by atoms with E-state index < -0.39 is 68.0 Å².